The molecule has 0 N–H and O–H groups in total. The number of ether oxygens (including phenoxy) is 3. The van der Waals surface area contributed by atoms with E-state index in [0.717, 1.165) is 30.4 Å². The van der Waals surface area contributed by atoms with Crippen molar-refractivity contribution in [3.8, 4) is 0 Å². The number of benzene rings is 1. The Morgan fingerprint density at radius 2 is 1.65 bits per heavy atom. The second-order valence-electron chi connectivity index (χ2n) is 6.94. The molecule has 0 saturated carbocycles. The molecule has 0 aliphatic rings. The van der Waals surface area contributed by atoms with Crippen LogP contribution in [0.1, 0.15) is 75.8 Å². The van der Waals surface area contributed by atoms with E-state index in [1.807, 2.05) is 18.2 Å². The first-order valence-corrected chi connectivity index (χ1v) is 10.1. The Balaban J connectivity index is 2.28. The summed E-state index contributed by atoms with van der Waals surface area (Å²) in [5, 5.41) is 0. The van der Waals surface area contributed by atoms with Gasteiger partial charge in [-0.3, -0.25) is 0 Å². The third-order valence-corrected chi connectivity index (χ3v) is 4.99. The van der Waals surface area contributed by atoms with E-state index in [4.69, 9.17) is 14.2 Å². The van der Waals surface area contributed by atoms with Gasteiger partial charge in [-0.15, -0.1) is 0 Å². The maximum Gasteiger partial charge on any atom is 0.169 e. The quantitative estimate of drug-likeness (QED) is 0.253. The van der Waals surface area contributed by atoms with E-state index in [2.05, 4.69) is 25.6 Å². The van der Waals surface area contributed by atoms with Gasteiger partial charge in [0.1, 0.15) is 0 Å². The number of methoxy groups -OCH3 is 2. The second kappa shape index (κ2) is 14.0. The lowest BCUT2D eigenvalue weighted by atomic mass is 10.0. The minimum Gasteiger partial charge on any atom is -0.377 e. The van der Waals surface area contributed by atoms with E-state index in [1.54, 1.807) is 14.2 Å². The van der Waals surface area contributed by atoms with Crippen LogP contribution in [0.3, 0.4) is 0 Å². The van der Waals surface area contributed by atoms with E-state index in [9.17, 15) is 0 Å². The molecular formula is C23H38O3. The molecule has 0 atom stereocenters. The topological polar surface area (TPSA) is 27.7 Å². The molecule has 3 heteroatoms. The lowest BCUT2D eigenvalue weighted by Gasteiger charge is -2.31. The smallest absolute Gasteiger partial charge is 0.169 e. The molecule has 0 amide bonds. The Morgan fingerprint density at radius 3 is 2.31 bits per heavy atom. The Bertz CT molecular complexity index is 480. The van der Waals surface area contributed by atoms with Gasteiger partial charge in [0, 0.05) is 27.1 Å². The van der Waals surface area contributed by atoms with Crippen molar-refractivity contribution in [1.29, 1.82) is 0 Å². The Labute approximate surface area is 160 Å². The van der Waals surface area contributed by atoms with Gasteiger partial charge in [-0.1, -0.05) is 76.3 Å². The molecule has 0 radical (unpaired) electrons. The van der Waals surface area contributed by atoms with Crippen LogP contribution in [0.2, 0.25) is 0 Å². The molecule has 3 nitrogen and oxygen atoms in total. The zero-order valence-electron chi connectivity index (χ0n) is 17.1. The minimum absolute atomic E-state index is 0.521. The highest BCUT2D eigenvalue weighted by Gasteiger charge is 2.28. The highest BCUT2D eigenvalue weighted by atomic mass is 16.7. The van der Waals surface area contributed by atoms with E-state index in [-0.39, 0.29) is 0 Å². The van der Waals surface area contributed by atoms with Crippen LogP contribution in [0, 0.1) is 0 Å². The monoisotopic (exact) mass is 362 g/mol. The van der Waals surface area contributed by atoms with Crippen LogP contribution >= 0.6 is 0 Å². The standard InChI is InChI=1S/C23H38O3/c1-5-7-8-9-10-11-12-16-23(24-3,25-4)17-18-26-20-22-15-13-14-21(6-2)19-22/h6,13-15,19H,2,5,7-12,16-18,20H2,1,3-4H3. The summed E-state index contributed by atoms with van der Waals surface area (Å²) in [7, 11) is 3.47. The summed E-state index contributed by atoms with van der Waals surface area (Å²) < 4.78 is 17.3. The Hall–Kier alpha value is -1.16. The third-order valence-electron chi connectivity index (χ3n) is 4.99. The maximum atomic E-state index is 5.86. The maximum absolute atomic E-state index is 5.86. The fourth-order valence-corrected chi connectivity index (χ4v) is 3.20. The second-order valence-corrected chi connectivity index (χ2v) is 6.94. The van der Waals surface area contributed by atoms with Crippen LogP contribution in [0.25, 0.3) is 6.08 Å². The normalized spacial score (nSPS) is 11.7. The highest BCUT2D eigenvalue weighted by Crippen LogP contribution is 2.25. The van der Waals surface area contributed by atoms with Crippen molar-refractivity contribution in [2.45, 2.75) is 77.1 Å². The van der Waals surface area contributed by atoms with Crippen molar-refractivity contribution in [2.75, 3.05) is 20.8 Å². The van der Waals surface area contributed by atoms with Gasteiger partial charge < -0.3 is 14.2 Å². The molecule has 0 bridgehead atoms. The molecule has 0 aromatic heterocycles. The van der Waals surface area contributed by atoms with Crippen LogP contribution in [-0.2, 0) is 20.8 Å². The number of hydrogen-bond donors (Lipinski definition) is 0. The molecule has 0 unspecified atom stereocenters. The fraction of sp³-hybridized carbons (Fsp3) is 0.652. The molecular weight excluding hydrogens is 324 g/mol. The molecule has 26 heavy (non-hydrogen) atoms. The van der Waals surface area contributed by atoms with Gasteiger partial charge in [-0.2, -0.15) is 0 Å². The van der Waals surface area contributed by atoms with Crippen molar-refractivity contribution in [3.63, 3.8) is 0 Å². The van der Waals surface area contributed by atoms with Crippen molar-refractivity contribution in [2.24, 2.45) is 0 Å². The summed E-state index contributed by atoms with van der Waals surface area (Å²) in [6, 6.07) is 8.25. The molecule has 1 rings (SSSR count). The zero-order valence-corrected chi connectivity index (χ0v) is 17.1. The molecule has 1 aromatic rings. The average Bonchev–Trinajstić information content (AvgIpc) is 2.69. The van der Waals surface area contributed by atoms with Crippen LogP contribution in [0.5, 0.6) is 0 Å². The van der Waals surface area contributed by atoms with Crippen LogP contribution in [0.4, 0.5) is 0 Å². The van der Waals surface area contributed by atoms with Gasteiger partial charge in [0.2, 0.25) is 0 Å². The molecule has 0 saturated heterocycles. The summed E-state index contributed by atoms with van der Waals surface area (Å²) in [5.41, 5.74) is 2.28. The van der Waals surface area contributed by atoms with E-state index in [1.165, 1.54) is 38.5 Å². The van der Waals surface area contributed by atoms with Gasteiger partial charge in [-0.25, -0.2) is 0 Å². The molecule has 1 aromatic carbocycles. The summed E-state index contributed by atoms with van der Waals surface area (Å²) >= 11 is 0. The van der Waals surface area contributed by atoms with Gasteiger partial charge in [0.15, 0.2) is 5.79 Å². The van der Waals surface area contributed by atoms with Gasteiger partial charge in [0.05, 0.1) is 13.2 Å². The van der Waals surface area contributed by atoms with Gasteiger partial charge in [-0.05, 0) is 23.6 Å². The van der Waals surface area contributed by atoms with Crippen LogP contribution in [-0.4, -0.2) is 26.6 Å². The largest absolute Gasteiger partial charge is 0.377 e. The van der Waals surface area contributed by atoms with Crippen molar-refractivity contribution in [3.05, 3.63) is 42.0 Å². The highest BCUT2D eigenvalue weighted by molar-refractivity contribution is 5.47. The molecule has 148 valence electrons. The number of rotatable bonds is 16. The van der Waals surface area contributed by atoms with Crippen LogP contribution < -0.4 is 0 Å². The molecule has 0 heterocycles. The Kier molecular flexibility index (Phi) is 12.3. The summed E-state index contributed by atoms with van der Waals surface area (Å²) in [6.45, 7) is 7.28. The van der Waals surface area contributed by atoms with Crippen molar-refractivity contribution in [1.82, 2.24) is 0 Å². The van der Waals surface area contributed by atoms with Crippen molar-refractivity contribution >= 4 is 6.08 Å². The first kappa shape index (κ1) is 22.9. The molecule has 0 spiro atoms. The predicted molar refractivity (Wildman–Crippen MR) is 110 cm³/mol. The van der Waals surface area contributed by atoms with E-state index < -0.39 is 5.79 Å². The minimum atomic E-state index is -0.521. The molecule has 0 fully saturated rings. The number of hydrogen-bond acceptors (Lipinski definition) is 3. The first-order valence-electron chi connectivity index (χ1n) is 10.1. The summed E-state index contributed by atoms with van der Waals surface area (Å²) in [4.78, 5) is 0. The lowest BCUT2D eigenvalue weighted by Crippen LogP contribution is -2.35. The summed E-state index contributed by atoms with van der Waals surface area (Å²) in [6.07, 6.45) is 12.6. The SMILES string of the molecule is C=Cc1cccc(COCCC(CCCCCCCCC)(OC)OC)c1. The van der Waals surface area contributed by atoms with Gasteiger partial charge in [0.25, 0.3) is 0 Å². The fourth-order valence-electron chi connectivity index (χ4n) is 3.20. The van der Waals surface area contributed by atoms with E-state index in [0.29, 0.717) is 13.2 Å². The Morgan fingerprint density at radius 1 is 0.962 bits per heavy atom. The molecule has 0 aliphatic heterocycles. The van der Waals surface area contributed by atoms with Crippen molar-refractivity contribution < 1.29 is 14.2 Å². The summed E-state index contributed by atoms with van der Waals surface area (Å²) in [5.74, 6) is -0.521. The lowest BCUT2D eigenvalue weighted by molar-refractivity contribution is -0.221. The zero-order chi connectivity index (χ0) is 19.1. The molecule has 0 aliphatic carbocycles. The average molecular weight is 363 g/mol. The first-order chi connectivity index (χ1) is 12.7. The third kappa shape index (κ3) is 8.98. The number of unbranched alkanes of at least 4 members (excludes halogenated alkanes) is 6. The van der Waals surface area contributed by atoms with Gasteiger partial charge >= 0.3 is 0 Å². The van der Waals surface area contributed by atoms with Crippen LogP contribution in [0.15, 0.2) is 30.8 Å². The predicted octanol–water partition coefficient (Wildman–Crippen LogP) is 6.37. The van der Waals surface area contributed by atoms with E-state index >= 15 is 0 Å².